The van der Waals surface area contributed by atoms with Crippen LogP contribution in [0.15, 0.2) is 12.3 Å². The first-order valence-electron chi connectivity index (χ1n) is 8.26. The molecule has 1 aromatic heterocycles. The van der Waals surface area contributed by atoms with Gasteiger partial charge in [0.15, 0.2) is 0 Å². The molecule has 0 N–H and O–H groups in total. The Hall–Kier alpha value is -2.36. The third-order valence-corrected chi connectivity index (χ3v) is 4.59. The van der Waals surface area contributed by atoms with Crippen molar-refractivity contribution >= 4 is 11.9 Å². The Balaban J connectivity index is 1.53. The first kappa shape index (κ1) is 16.5. The van der Waals surface area contributed by atoms with Crippen LogP contribution in [0.25, 0.3) is 0 Å². The molecule has 2 aliphatic rings. The second kappa shape index (κ2) is 5.93. The molecule has 3 rings (SSSR count). The number of rotatable bonds is 1. The summed E-state index contributed by atoms with van der Waals surface area (Å²) in [5.41, 5.74) is -0.207. The van der Waals surface area contributed by atoms with Crippen molar-refractivity contribution in [3.63, 3.8) is 0 Å². The maximum Gasteiger partial charge on any atom is 0.410 e. The quantitative estimate of drug-likeness (QED) is 0.785. The number of anilines is 1. The lowest BCUT2D eigenvalue weighted by molar-refractivity contribution is 0.00589. The van der Waals surface area contributed by atoms with E-state index in [1.54, 1.807) is 11.1 Å². The van der Waals surface area contributed by atoms with E-state index in [9.17, 15) is 4.79 Å². The highest BCUT2D eigenvalue weighted by Gasteiger charge is 2.46. The second-order valence-corrected chi connectivity index (χ2v) is 7.67. The van der Waals surface area contributed by atoms with Crippen molar-refractivity contribution in [2.75, 3.05) is 31.1 Å². The van der Waals surface area contributed by atoms with Crippen molar-refractivity contribution in [1.82, 2.24) is 14.9 Å². The van der Waals surface area contributed by atoms with E-state index in [4.69, 9.17) is 10.00 Å². The zero-order valence-corrected chi connectivity index (χ0v) is 14.4. The van der Waals surface area contributed by atoms with E-state index >= 15 is 0 Å². The van der Waals surface area contributed by atoms with Crippen LogP contribution in [-0.4, -0.2) is 52.7 Å². The smallest absolute Gasteiger partial charge is 0.410 e. The van der Waals surface area contributed by atoms with Gasteiger partial charge in [-0.1, -0.05) is 0 Å². The molecule has 7 nitrogen and oxygen atoms in total. The molecule has 1 amide bonds. The molecule has 2 saturated heterocycles. The molecule has 1 spiro atoms. The number of piperidine rings is 1. The molecule has 0 unspecified atom stereocenters. The predicted molar refractivity (Wildman–Crippen MR) is 88.4 cm³/mol. The highest BCUT2D eigenvalue weighted by molar-refractivity contribution is 5.68. The number of likely N-dealkylation sites (tertiary alicyclic amines) is 1. The van der Waals surface area contributed by atoms with Crippen LogP contribution in [0.1, 0.15) is 39.4 Å². The van der Waals surface area contributed by atoms with Gasteiger partial charge in [-0.3, -0.25) is 0 Å². The van der Waals surface area contributed by atoms with E-state index in [1.807, 2.05) is 32.9 Å². The molecule has 0 bridgehead atoms. The van der Waals surface area contributed by atoms with Gasteiger partial charge in [-0.15, -0.1) is 0 Å². The Morgan fingerprint density at radius 3 is 2.58 bits per heavy atom. The van der Waals surface area contributed by atoms with Crippen LogP contribution in [0.2, 0.25) is 0 Å². The first-order valence-corrected chi connectivity index (χ1v) is 8.26. The summed E-state index contributed by atoms with van der Waals surface area (Å²) in [6.45, 7) is 8.95. The zero-order valence-electron chi connectivity index (χ0n) is 14.4. The SMILES string of the molecule is CC(C)(C)OC(=O)N1CCC2(CC1)CN(c1ccnc(C#N)n1)C2. The molecule has 2 aliphatic heterocycles. The van der Waals surface area contributed by atoms with E-state index < -0.39 is 5.60 Å². The summed E-state index contributed by atoms with van der Waals surface area (Å²) in [6, 6.07) is 3.81. The van der Waals surface area contributed by atoms with E-state index in [0.717, 1.165) is 44.8 Å². The van der Waals surface area contributed by atoms with Crippen LogP contribution >= 0.6 is 0 Å². The summed E-state index contributed by atoms with van der Waals surface area (Å²) >= 11 is 0. The minimum absolute atomic E-state index is 0.202. The van der Waals surface area contributed by atoms with Crippen LogP contribution in [0, 0.1) is 16.7 Å². The molecule has 0 aromatic carbocycles. The molecule has 0 saturated carbocycles. The van der Waals surface area contributed by atoms with Gasteiger partial charge < -0.3 is 14.5 Å². The van der Waals surface area contributed by atoms with Gasteiger partial charge in [-0.05, 0) is 39.7 Å². The van der Waals surface area contributed by atoms with Crippen molar-refractivity contribution in [3.8, 4) is 6.07 Å². The van der Waals surface area contributed by atoms with Crippen molar-refractivity contribution in [3.05, 3.63) is 18.1 Å². The summed E-state index contributed by atoms with van der Waals surface area (Å²) in [4.78, 5) is 24.3. The van der Waals surface area contributed by atoms with E-state index in [2.05, 4.69) is 14.9 Å². The Morgan fingerprint density at radius 1 is 1.33 bits per heavy atom. The normalized spacial score (nSPS) is 19.6. The molecule has 7 heteroatoms. The minimum atomic E-state index is -0.453. The average Bonchev–Trinajstić information content (AvgIpc) is 2.51. The van der Waals surface area contributed by atoms with Crippen LogP contribution < -0.4 is 4.90 Å². The molecular formula is C17H23N5O2. The molecule has 2 fully saturated rings. The maximum atomic E-state index is 12.1. The molecular weight excluding hydrogens is 306 g/mol. The number of nitrogens with zero attached hydrogens (tertiary/aromatic N) is 5. The zero-order chi connectivity index (χ0) is 17.4. The lowest BCUT2D eigenvalue weighted by Crippen LogP contribution is -2.61. The van der Waals surface area contributed by atoms with E-state index in [1.165, 1.54) is 0 Å². The Morgan fingerprint density at radius 2 is 2.00 bits per heavy atom. The van der Waals surface area contributed by atoms with Gasteiger partial charge in [0.1, 0.15) is 17.5 Å². The van der Waals surface area contributed by atoms with Crippen molar-refractivity contribution in [2.45, 2.75) is 39.2 Å². The average molecular weight is 329 g/mol. The number of aromatic nitrogens is 2. The van der Waals surface area contributed by atoms with Gasteiger partial charge in [0.2, 0.25) is 5.82 Å². The topological polar surface area (TPSA) is 82.4 Å². The lowest BCUT2D eigenvalue weighted by atomic mass is 9.72. The second-order valence-electron chi connectivity index (χ2n) is 7.67. The van der Waals surface area contributed by atoms with Crippen LogP contribution in [0.3, 0.4) is 0 Å². The summed E-state index contributed by atoms with van der Waals surface area (Å²) in [6.07, 6.45) is 3.34. The molecule has 0 radical (unpaired) electrons. The number of hydrogen-bond acceptors (Lipinski definition) is 6. The Bertz CT molecular complexity index is 660. The van der Waals surface area contributed by atoms with Crippen molar-refractivity contribution in [2.24, 2.45) is 5.41 Å². The Labute approximate surface area is 142 Å². The van der Waals surface area contributed by atoms with Gasteiger partial charge in [-0.25, -0.2) is 14.8 Å². The summed E-state index contributed by atoms with van der Waals surface area (Å²) in [7, 11) is 0. The van der Waals surface area contributed by atoms with E-state index in [-0.39, 0.29) is 17.3 Å². The number of carbonyl (C=O) groups is 1. The molecule has 24 heavy (non-hydrogen) atoms. The number of hydrogen-bond donors (Lipinski definition) is 0. The third kappa shape index (κ3) is 3.42. The molecule has 0 aliphatic carbocycles. The maximum absolute atomic E-state index is 12.1. The number of ether oxygens (including phenoxy) is 1. The Kier molecular flexibility index (Phi) is 4.08. The van der Waals surface area contributed by atoms with E-state index in [0.29, 0.717) is 0 Å². The highest BCUT2D eigenvalue weighted by atomic mass is 16.6. The first-order chi connectivity index (χ1) is 11.3. The third-order valence-electron chi connectivity index (χ3n) is 4.59. The fraction of sp³-hybridized carbons (Fsp3) is 0.647. The standard InChI is InChI=1S/C17H23N5O2/c1-16(2,3)24-15(23)21-8-5-17(6-9-21)11-22(12-17)14-4-7-19-13(10-18)20-14/h4,7H,5-6,8-9,11-12H2,1-3H3. The van der Waals surface area contributed by atoms with Gasteiger partial charge in [0, 0.05) is 37.8 Å². The van der Waals surface area contributed by atoms with Gasteiger partial charge in [-0.2, -0.15) is 5.26 Å². The van der Waals surface area contributed by atoms with Gasteiger partial charge in [0.05, 0.1) is 0 Å². The number of carbonyl (C=O) groups excluding carboxylic acids is 1. The fourth-order valence-electron chi connectivity index (χ4n) is 3.31. The predicted octanol–water partition coefficient (Wildman–Crippen LogP) is 2.19. The summed E-state index contributed by atoms with van der Waals surface area (Å²) < 4.78 is 5.44. The molecule has 128 valence electrons. The monoisotopic (exact) mass is 329 g/mol. The minimum Gasteiger partial charge on any atom is -0.444 e. The number of nitriles is 1. The molecule has 3 heterocycles. The lowest BCUT2D eigenvalue weighted by Gasteiger charge is -2.54. The van der Waals surface area contributed by atoms with Gasteiger partial charge >= 0.3 is 6.09 Å². The summed E-state index contributed by atoms with van der Waals surface area (Å²) in [5, 5.41) is 8.90. The largest absolute Gasteiger partial charge is 0.444 e. The highest BCUT2D eigenvalue weighted by Crippen LogP contribution is 2.42. The van der Waals surface area contributed by atoms with Gasteiger partial charge in [0.25, 0.3) is 0 Å². The fourth-order valence-corrected chi connectivity index (χ4v) is 3.31. The van der Waals surface area contributed by atoms with Crippen molar-refractivity contribution in [1.29, 1.82) is 5.26 Å². The summed E-state index contributed by atoms with van der Waals surface area (Å²) in [5.74, 6) is 1.01. The van der Waals surface area contributed by atoms with Crippen LogP contribution in [-0.2, 0) is 4.74 Å². The molecule has 0 atom stereocenters. The van der Waals surface area contributed by atoms with Crippen LogP contribution in [0.4, 0.5) is 10.6 Å². The molecule has 1 aromatic rings. The van der Waals surface area contributed by atoms with Crippen LogP contribution in [0.5, 0.6) is 0 Å². The number of amides is 1. The van der Waals surface area contributed by atoms with Crippen molar-refractivity contribution < 1.29 is 9.53 Å².